The van der Waals surface area contributed by atoms with E-state index in [-0.39, 0.29) is 18.1 Å². The molecule has 27 heavy (non-hydrogen) atoms. The lowest BCUT2D eigenvalue weighted by atomic mass is 10.2. The van der Waals surface area contributed by atoms with E-state index in [0.29, 0.717) is 17.6 Å². The number of nitrogens with zero attached hydrogens (tertiary/aromatic N) is 2. The van der Waals surface area contributed by atoms with Crippen LogP contribution in [0.25, 0.3) is 0 Å². The van der Waals surface area contributed by atoms with Gasteiger partial charge in [-0.3, -0.25) is 4.79 Å². The van der Waals surface area contributed by atoms with E-state index in [2.05, 4.69) is 31.5 Å². The van der Waals surface area contributed by atoms with Crippen LogP contribution in [0, 0.1) is 5.82 Å². The minimum atomic E-state index is -0.618. The molecule has 3 rings (SSSR count). The molecule has 1 aliphatic rings. The van der Waals surface area contributed by atoms with Gasteiger partial charge in [-0.1, -0.05) is 34.1 Å². The van der Waals surface area contributed by atoms with Gasteiger partial charge in [-0.15, -0.1) is 0 Å². The Morgan fingerprint density at radius 3 is 2.41 bits per heavy atom. The van der Waals surface area contributed by atoms with E-state index in [1.165, 1.54) is 12.1 Å². The summed E-state index contributed by atoms with van der Waals surface area (Å²) in [5, 5.41) is 4.88. The van der Waals surface area contributed by atoms with Gasteiger partial charge in [0, 0.05) is 36.3 Å². The average molecular weight is 435 g/mol. The van der Waals surface area contributed by atoms with Crippen molar-refractivity contribution in [3.8, 4) is 0 Å². The zero-order valence-corrected chi connectivity index (χ0v) is 16.2. The van der Waals surface area contributed by atoms with Gasteiger partial charge >= 0.3 is 6.03 Å². The van der Waals surface area contributed by atoms with Crippen molar-refractivity contribution in [3.05, 3.63) is 58.8 Å². The first-order chi connectivity index (χ1) is 13.0. The maximum atomic E-state index is 13.7. The lowest BCUT2D eigenvalue weighted by Gasteiger charge is -2.36. The Labute approximate surface area is 165 Å². The molecule has 8 heteroatoms. The molecular weight excluding hydrogens is 415 g/mol. The molecular formula is C19H20BrFN4O2. The maximum Gasteiger partial charge on any atom is 0.319 e. The number of urea groups is 1. The molecule has 0 aliphatic carbocycles. The number of halogens is 2. The lowest BCUT2D eigenvalue weighted by Crippen LogP contribution is -2.51. The summed E-state index contributed by atoms with van der Waals surface area (Å²) in [6.07, 6.45) is 0. The molecule has 0 spiro atoms. The van der Waals surface area contributed by atoms with E-state index in [1.54, 1.807) is 11.0 Å². The number of nitrogens with one attached hydrogen (secondary N) is 2. The second-order valence-corrected chi connectivity index (χ2v) is 7.05. The predicted molar refractivity (Wildman–Crippen MR) is 106 cm³/mol. The molecule has 0 atom stereocenters. The molecule has 1 heterocycles. The fourth-order valence-electron chi connectivity index (χ4n) is 2.88. The molecule has 0 aromatic heterocycles. The molecule has 0 radical (unpaired) electrons. The fourth-order valence-corrected chi connectivity index (χ4v) is 3.21. The maximum absolute atomic E-state index is 13.7. The van der Waals surface area contributed by atoms with Gasteiger partial charge in [0.05, 0.1) is 12.2 Å². The number of piperazine rings is 1. The SMILES string of the molecule is O=C(NCC(=O)N1CCN(c2ccccc2)CC1)Nc1ccc(Br)cc1F. The first-order valence-corrected chi connectivity index (χ1v) is 9.40. The highest BCUT2D eigenvalue weighted by Gasteiger charge is 2.21. The fraction of sp³-hybridized carbons (Fsp3) is 0.263. The number of hydrogen-bond donors (Lipinski definition) is 2. The summed E-state index contributed by atoms with van der Waals surface area (Å²) in [5.74, 6) is -0.711. The van der Waals surface area contributed by atoms with Crippen LogP contribution in [0.1, 0.15) is 0 Å². The Bertz CT molecular complexity index is 811. The van der Waals surface area contributed by atoms with Crippen molar-refractivity contribution in [1.82, 2.24) is 10.2 Å². The monoisotopic (exact) mass is 434 g/mol. The van der Waals surface area contributed by atoms with Crippen LogP contribution in [0.2, 0.25) is 0 Å². The highest BCUT2D eigenvalue weighted by molar-refractivity contribution is 9.10. The molecule has 6 nitrogen and oxygen atoms in total. The Morgan fingerprint density at radius 1 is 1.04 bits per heavy atom. The second kappa shape index (κ2) is 8.85. The smallest absolute Gasteiger partial charge is 0.319 e. The Morgan fingerprint density at radius 2 is 1.74 bits per heavy atom. The highest BCUT2D eigenvalue weighted by atomic mass is 79.9. The lowest BCUT2D eigenvalue weighted by molar-refractivity contribution is -0.130. The summed E-state index contributed by atoms with van der Waals surface area (Å²) in [5.41, 5.74) is 1.19. The Kier molecular flexibility index (Phi) is 6.28. The van der Waals surface area contributed by atoms with Gasteiger partial charge in [0.2, 0.25) is 5.91 Å². The van der Waals surface area contributed by atoms with Crippen molar-refractivity contribution in [2.24, 2.45) is 0 Å². The highest BCUT2D eigenvalue weighted by Crippen LogP contribution is 2.19. The van der Waals surface area contributed by atoms with Gasteiger partial charge in [0.25, 0.3) is 0 Å². The molecule has 142 valence electrons. The number of rotatable bonds is 4. The van der Waals surface area contributed by atoms with Crippen LogP contribution in [-0.2, 0) is 4.79 Å². The van der Waals surface area contributed by atoms with Gasteiger partial charge in [-0.05, 0) is 30.3 Å². The summed E-state index contributed by atoms with van der Waals surface area (Å²) in [6, 6.07) is 13.8. The zero-order valence-electron chi connectivity index (χ0n) is 14.6. The molecule has 1 aliphatic heterocycles. The van der Waals surface area contributed by atoms with Gasteiger partial charge in [-0.2, -0.15) is 0 Å². The zero-order chi connectivity index (χ0) is 19.2. The van der Waals surface area contributed by atoms with E-state index in [4.69, 9.17) is 0 Å². The molecule has 3 amide bonds. The third-order valence-electron chi connectivity index (χ3n) is 4.33. The predicted octanol–water partition coefficient (Wildman–Crippen LogP) is 3.06. The van der Waals surface area contributed by atoms with Crippen molar-refractivity contribution >= 4 is 39.2 Å². The van der Waals surface area contributed by atoms with Gasteiger partial charge in [0.1, 0.15) is 5.82 Å². The Balaban J connectivity index is 1.44. The number of hydrogen-bond acceptors (Lipinski definition) is 3. The van der Waals surface area contributed by atoms with Gasteiger partial charge < -0.3 is 20.4 Å². The minimum absolute atomic E-state index is 0.0552. The molecule has 2 aromatic carbocycles. The largest absolute Gasteiger partial charge is 0.368 e. The minimum Gasteiger partial charge on any atom is -0.368 e. The van der Waals surface area contributed by atoms with Crippen LogP contribution >= 0.6 is 15.9 Å². The summed E-state index contributed by atoms with van der Waals surface area (Å²) >= 11 is 3.15. The van der Waals surface area contributed by atoms with Gasteiger partial charge in [0.15, 0.2) is 0 Å². The first kappa shape index (κ1) is 19.2. The number of carbonyl (C=O) groups is 2. The molecule has 0 bridgehead atoms. The average Bonchev–Trinajstić information content (AvgIpc) is 2.69. The van der Waals surface area contributed by atoms with Gasteiger partial charge in [-0.25, -0.2) is 9.18 Å². The van der Waals surface area contributed by atoms with E-state index in [9.17, 15) is 14.0 Å². The van der Waals surface area contributed by atoms with Crippen molar-refractivity contribution < 1.29 is 14.0 Å². The number of anilines is 2. The van der Waals surface area contributed by atoms with Crippen LogP contribution in [-0.4, -0.2) is 49.6 Å². The van der Waals surface area contributed by atoms with E-state index in [0.717, 1.165) is 18.8 Å². The molecule has 0 unspecified atom stereocenters. The molecule has 1 saturated heterocycles. The third-order valence-corrected chi connectivity index (χ3v) is 4.83. The van der Waals surface area contributed by atoms with Crippen LogP contribution in [0.3, 0.4) is 0 Å². The van der Waals surface area contributed by atoms with Crippen LogP contribution in [0.15, 0.2) is 53.0 Å². The molecule has 0 saturated carbocycles. The number of amides is 3. The number of benzene rings is 2. The molecule has 1 fully saturated rings. The molecule has 2 N–H and O–H groups in total. The van der Waals surface area contributed by atoms with Crippen LogP contribution in [0.5, 0.6) is 0 Å². The summed E-state index contributed by atoms with van der Waals surface area (Å²) in [6.45, 7) is 2.55. The van der Waals surface area contributed by atoms with Crippen LogP contribution < -0.4 is 15.5 Å². The summed E-state index contributed by atoms with van der Waals surface area (Å²) < 4.78 is 14.3. The Hall–Kier alpha value is -2.61. The second-order valence-electron chi connectivity index (χ2n) is 6.14. The van der Waals surface area contributed by atoms with Crippen molar-refractivity contribution in [2.45, 2.75) is 0 Å². The van der Waals surface area contributed by atoms with E-state index < -0.39 is 11.8 Å². The quantitative estimate of drug-likeness (QED) is 0.776. The molecule has 2 aromatic rings. The third kappa shape index (κ3) is 5.19. The number of carbonyl (C=O) groups excluding carboxylic acids is 2. The standard InChI is InChI=1S/C19H20BrFN4O2/c20-14-6-7-17(16(21)12-14)23-19(27)22-13-18(26)25-10-8-24(9-11-25)15-4-2-1-3-5-15/h1-7,12H,8-11,13H2,(H2,22,23,27). The number of para-hydroxylation sites is 1. The van der Waals surface area contributed by atoms with Crippen LogP contribution in [0.4, 0.5) is 20.6 Å². The van der Waals surface area contributed by atoms with E-state index >= 15 is 0 Å². The van der Waals surface area contributed by atoms with Crippen molar-refractivity contribution in [1.29, 1.82) is 0 Å². The van der Waals surface area contributed by atoms with Crippen molar-refractivity contribution in [3.63, 3.8) is 0 Å². The summed E-state index contributed by atoms with van der Waals surface area (Å²) in [7, 11) is 0. The summed E-state index contributed by atoms with van der Waals surface area (Å²) in [4.78, 5) is 28.1. The topological polar surface area (TPSA) is 64.7 Å². The van der Waals surface area contributed by atoms with Crippen molar-refractivity contribution in [2.75, 3.05) is 42.9 Å². The van der Waals surface area contributed by atoms with E-state index in [1.807, 2.05) is 30.3 Å². The normalized spacial score (nSPS) is 14.0. The first-order valence-electron chi connectivity index (χ1n) is 8.60.